The Morgan fingerprint density at radius 2 is 2.50 bits per heavy atom. The lowest BCUT2D eigenvalue weighted by atomic mass is 10.3. The maximum Gasteiger partial charge on any atom is 0.157 e. The zero-order valence-electron chi connectivity index (χ0n) is 5.89. The maximum atomic E-state index is 10.7. The van der Waals surface area contributed by atoms with E-state index < -0.39 is 0 Å². The average molecular weight is 137 g/mol. The summed E-state index contributed by atoms with van der Waals surface area (Å²) < 4.78 is 0. The second kappa shape index (κ2) is 3.20. The van der Waals surface area contributed by atoms with Gasteiger partial charge >= 0.3 is 0 Å². The molecule has 0 aliphatic heterocycles. The molecule has 1 rings (SSSR count). The largest absolute Gasteiger partial charge is 0.385 e. The molecule has 0 saturated carbocycles. The van der Waals surface area contributed by atoms with Crippen molar-refractivity contribution in [2.24, 2.45) is 0 Å². The molecular weight excluding hydrogens is 126 g/mol. The third-order valence-electron chi connectivity index (χ3n) is 1.45. The van der Waals surface area contributed by atoms with Crippen LogP contribution in [0.3, 0.4) is 0 Å². The lowest BCUT2D eigenvalue weighted by molar-refractivity contribution is -0.114. The number of hydrogen-bond acceptors (Lipinski definition) is 2. The van der Waals surface area contributed by atoms with Gasteiger partial charge in [0.25, 0.3) is 0 Å². The molecule has 0 saturated heterocycles. The zero-order valence-corrected chi connectivity index (χ0v) is 5.89. The highest BCUT2D eigenvalue weighted by molar-refractivity contribution is 5.92. The van der Waals surface area contributed by atoms with Gasteiger partial charge < -0.3 is 5.32 Å². The van der Waals surface area contributed by atoms with Gasteiger partial charge in [-0.15, -0.1) is 6.58 Å². The van der Waals surface area contributed by atoms with E-state index in [9.17, 15) is 4.79 Å². The number of nitrogens with one attached hydrogen (secondary N) is 1. The molecule has 0 aromatic rings. The molecule has 1 N–H and O–H groups in total. The first-order valence-corrected chi connectivity index (χ1v) is 3.41. The monoisotopic (exact) mass is 137 g/mol. The van der Waals surface area contributed by atoms with Crippen molar-refractivity contribution < 1.29 is 4.79 Å². The summed E-state index contributed by atoms with van der Waals surface area (Å²) in [6.07, 6.45) is 4.99. The fraction of sp³-hybridized carbons (Fsp3) is 0.375. The Bertz CT molecular complexity index is 182. The Kier molecular flexibility index (Phi) is 2.26. The molecule has 2 heteroatoms. The van der Waals surface area contributed by atoms with Crippen molar-refractivity contribution in [3.05, 3.63) is 24.4 Å². The quantitative estimate of drug-likeness (QED) is 0.588. The Hall–Kier alpha value is -1.05. The highest BCUT2D eigenvalue weighted by Crippen LogP contribution is 2.10. The van der Waals surface area contributed by atoms with Gasteiger partial charge in [0.15, 0.2) is 5.78 Å². The summed E-state index contributed by atoms with van der Waals surface area (Å²) in [5.41, 5.74) is 1.05. The van der Waals surface area contributed by atoms with Crippen molar-refractivity contribution in [3.8, 4) is 0 Å². The molecular formula is C8H11NO. The van der Waals surface area contributed by atoms with E-state index in [1.165, 1.54) is 0 Å². The van der Waals surface area contributed by atoms with Crippen LogP contribution in [0.15, 0.2) is 24.4 Å². The number of allylic oxidation sites excluding steroid dienone is 2. The summed E-state index contributed by atoms with van der Waals surface area (Å²) in [5.74, 6) is 0.228. The summed E-state index contributed by atoms with van der Waals surface area (Å²) in [6.45, 7) is 4.32. The molecule has 0 atom stereocenters. The second-order valence-electron chi connectivity index (χ2n) is 2.31. The molecule has 0 heterocycles. The van der Waals surface area contributed by atoms with Crippen LogP contribution in [0.4, 0.5) is 0 Å². The van der Waals surface area contributed by atoms with Gasteiger partial charge in [-0.25, -0.2) is 0 Å². The molecule has 2 nitrogen and oxygen atoms in total. The zero-order chi connectivity index (χ0) is 7.40. The Morgan fingerprint density at radius 1 is 1.70 bits per heavy atom. The van der Waals surface area contributed by atoms with E-state index in [-0.39, 0.29) is 5.78 Å². The van der Waals surface area contributed by atoms with Crippen LogP contribution in [0, 0.1) is 0 Å². The minimum atomic E-state index is 0.228. The van der Waals surface area contributed by atoms with Gasteiger partial charge in [0.05, 0.1) is 0 Å². The maximum absolute atomic E-state index is 10.7. The molecule has 1 aliphatic carbocycles. The lowest BCUT2D eigenvalue weighted by Gasteiger charge is -2.00. The van der Waals surface area contributed by atoms with Crippen LogP contribution in [0.5, 0.6) is 0 Å². The molecule has 0 bridgehead atoms. The molecule has 0 spiro atoms. The van der Waals surface area contributed by atoms with Crippen LogP contribution >= 0.6 is 0 Å². The number of carbonyl (C=O) groups excluding carboxylic acids is 1. The van der Waals surface area contributed by atoms with Crippen molar-refractivity contribution in [3.63, 3.8) is 0 Å². The highest BCUT2D eigenvalue weighted by Gasteiger charge is 2.09. The van der Waals surface area contributed by atoms with E-state index in [4.69, 9.17) is 0 Å². The SMILES string of the molecule is C=CCNC1=CC(=O)CC1. The van der Waals surface area contributed by atoms with Crippen LogP contribution in [-0.4, -0.2) is 12.3 Å². The first-order valence-electron chi connectivity index (χ1n) is 3.41. The fourth-order valence-electron chi connectivity index (χ4n) is 0.939. The fourth-order valence-corrected chi connectivity index (χ4v) is 0.939. The van der Waals surface area contributed by atoms with Crippen molar-refractivity contribution in [2.75, 3.05) is 6.54 Å². The molecule has 54 valence electrons. The Morgan fingerprint density at radius 3 is 3.00 bits per heavy atom. The minimum Gasteiger partial charge on any atom is -0.385 e. The van der Waals surface area contributed by atoms with Gasteiger partial charge in [0, 0.05) is 24.7 Å². The third kappa shape index (κ3) is 1.72. The van der Waals surface area contributed by atoms with E-state index >= 15 is 0 Å². The van der Waals surface area contributed by atoms with Gasteiger partial charge in [-0.05, 0) is 6.42 Å². The van der Waals surface area contributed by atoms with E-state index in [0.29, 0.717) is 6.42 Å². The van der Waals surface area contributed by atoms with Crippen molar-refractivity contribution in [2.45, 2.75) is 12.8 Å². The van der Waals surface area contributed by atoms with E-state index in [0.717, 1.165) is 18.7 Å². The predicted octanol–water partition coefficient (Wildman–Crippen LogP) is 1.01. The number of hydrogen-bond donors (Lipinski definition) is 1. The minimum absolute atomic E-state index is 0.228. The van der Waals surface area contributed by atoms with E-state index in [1.54, 1.807) is 12.2 Å². The standard InChI is InChI=1S/C8H11NO/c1-2-5-9-7-3-4-8(10)6-7/h2,6,9H,1,3-5H2. The molecule has 0 radical (unpaired) electrons. The predicted molar refractivity (Wildman–Crippen MR) is 40.5 cm³/mol. The third-order valence-corrected chi connectivity index (χ3v) is 1.45. The molecule has 0 aromatic heterocycles. The summed E-state index contributed by atoms with van der Waals surface area (Å²) in [7, 11) is 0. The Balaban J connectivity index is 2.35. The number of carbonyl (C=O) groups is 1. The van der Waals surface area contributed by atoms with Crippen LogP contribution in [0.1, 0.15) is 12.8 Å². The highest BCUT2D eigenvalue weighted by atomic mass is 16.1. The number of ketones is 1. The van der Waals surface area contributed by atoms with Gasteiger partial charge in [-0.1, -0.05) is 6.08 Å². The normalized spacial score (nSPS) is 16.8. The second-order valence-corrected chi connectivity index (χ2v) is 2.31. The topological polar surface area (TPSA) is 29.1 Å². The lowest BCUT2D eigenvalue weighted by Crippen LogP contribution is -2.10. The molecule has 0 amide bonds. The van der Waals surface area contributed by atoms with Crippen molar-refractivity contribution >= 4 is 5.78 Å². The molecule has 0 aromatic carbocycles. The Labute approximate surface area is 60.6 Å². The number of rotatable bonds is 3. The van der Waals surface area contributed by atoms with Gasteiger partial charge in [-0.3, -0.25) is 4.79 Å². The molecule has 1 aliphatic rings. The first-order chi connectivity index (χ1) is 4.83. The van der Waals surface area contributed by atoms with Gasteiger partial charge in [-0.2, -0.15) is 0 Å². The summed E-state index contributed by atoms with van der Waals surface area (Å²) in [4.78, 5) is 10.7. The van der Waals surface area contributed by atoms with Crippen LogP contribution in [0.2, 0.25) is 0 Å². The molecule has 10 heavy (non-hydrogen) atoms. The van der Waals surface area contributed by atoms with Crippen molar-refractivity contribution in [1.82, 2.24) is 5.32 Å². The van der Waals surface area contributed by atoms with E-state index in [2.05, 4.69) is 11.9 Å². The molecule has 0 fully saturated rings. The van der Waals surface area contributed by atoms with Gasteiger partial charge in [0.1, 0.15) is 0 Å². The first kappa shape index (κ1) is 7.06. The van der Waals surface area contributed by atoms with E-state index in [1.807, 2.05) is 0 Å². The van der Waals surface area contributed by atoms with Crippen LogP contribution in [-0.2, 0) is 4.79 Å². The summed E-state index contributed by atoms with van der Waals surface area (Å²) in [5, 5.41) is 3.08. The summed E-state index contributed by atoms with van der Waals surface area (Å²) in [6, 6.07) is 0. The average Bonchev–Trinajstić information content (AvgIpc) is 2.31. The van der Waals surface area contributed by atoms with Crippen LogP contribution < -0.4 is 5.32 Å². The summed E-state index contributed by atoms with van der Waals surface area (Å²) >= 11 is 0. The van der Waals surface area contributed by atoms with Crippen LogP contribution in [0.25, 0.3) is 0 Å². The smallest absolute Gasteiger partial charge is 0.157 e. The van der Waals surface area contributed by atoms with Crippen molar-refractivity contribution in [1.29, 1.82) is 0 Å². The molecule has 0 unspecified atom stereocenters. The van der Waals surface area contributed by atoms with Gasteiger partial charge in [0.2, 0.25) is 0 Å².